The lowest BCUT2D eigenvalue weighted by molar-refractivity contribution is 0.308. The Labute approximate surface area is 434 Å². The van der Waals surface area contributed by atoms with Gasteiger partial charge in [-0.25, -0.2) is 3.63 Å². The fraction of sp³-hybridized carbons (Fsp3) is 0.294. The molecule has 0 aromatic heterocycles. The number of benzene rings is 8. The van der Waals surface area contributed by atoms with Gasteiger partial charge in [0.2, 0.25) is 0 Å². The Hall–Kier alpha value is -5.58. The Morgan fingerprint density at radius 2 is 0.577 bits per heavy atom. The zero-order valence-electron chi connectivity index (χ0n) is 41.8. The predicted octanol–water partition coefficient (Wildman–Crippen LogP) is 19.8. The zero-order valence-corrected chi connectivity index (χ0v) is 43.4. The van der Waals surface area contributed by atoms with E-state index in [4.69, 9.17) is 3.63 Å². The second-order valence-corrected chi connectivity index (χ2v) is 22.6. The molecule has 1 nitrogen and oxygen atoms in total. The van der Waals surface area contributed by atoms with Crippen LogP contribution in [0, 0.1) is 11.8 Å². The molecule has 360 valence electrons. The number of hydrogen-bond acceptors (Lipinski definition) is 3. The van der Waals surface area contributed by atoms with Gasteiger partial charge in [0.05, 0.1) is 0 Å². The quantitative estimate of drug-likeness (QED) is 0.0626. The van der Waals surface area contributed by atoms with Crippen LogP contribution in [0.15, 0.2) is 218 Å². The maximum absolute atomic E-state index is 7.34. The third-order valence-electron chi connectivity index (χ3n) is 16.1. The van der Waals surface area contributed by atoms with Gasteiger partial charge in [-0.15, -0.1) is 0 Å². The van der Waals surface area contributed by atoms with E-state index in [1.807, 2.05) is 0 Å². The van der Waals surface area contributed by atoms with E-state index in [1.54, 1.807) is 0 Å². The molecule has 2 aliphatic rings. The lowest BCUT2D eigenvalue weighted by atomic mass is 9.77. The van der Waals surface area contributed by atoms with Crippen molar-refractivity contribution in [3.05, 3.63) is 263 Å². The Kier molecular flexibility index (Phi) is 16.1. The molecule has 71 heavy (non-hydrogen) atoms. The van der Waals surface area contributed by atoms with Crippen LogP contribution in [0.2, 0.25) is 0 Å². The first-order chi connectivity index (χ1) is 35.1. The van der Waals surface area contributed by atoms with E-state index in [1.165, 1.54) is 135 Å². The fourth-order valence-corrected chi connectivity index (χ4v) is 14.5. The maximum atomic E-state index is 7.34. The molecule has 10 rings (SSSR count). The number of hydrogen-bond donors (Lipinski definition) is 0. The van der Waals surface area contributed by atoms with Gasteiger partial charge in [-0.05, 0) is 142 Å². The van der Waals surface area contributed by atoms with Crippen LogP contribution >= 0.6 is 24.1 Å². The molecule has 8 aromatic carbocycles. The van der Waals surface area contributed by atoms with Gasteiger partial charge >= 0.3 is 0 Å². The molecule has 3 heteroatoms. The monoisotopic (exact) mass is 966 g/mol. The lowest BCUT2D eigenvalue weighted by Gasteiger charge is -2.37. The Balaban J connectivity index is 0.969. The molecule has 0 atom stereocenters. The summed E-state index contributed by atoms with van der Waals surface area (Å²) in [6.07, 6.45) is 16.1. The average Bonchev–Trinajstić information content (AvgIpc) is 3.45. The topological polar surface area (TPSA) is 9.23 Å². The molecule has 0 bridgehead atoms. The summed E-state index contributed by atoms with van der Waals surface area (Å²) in [7, 11) is 0. The van der Waals surface area contributed by atoms with Gasteiger partial charge in [-0.1, -0.05) is 258 Å². The molecule has 0 N–H and O–H groups in total. The highest BCUT2D eigenvalue weighted by Gasteiger charge is 2.43. The van der Waals surface area contributed by atoms with Crippen molar-refractivity contribution >= 4 is 24.1 Å². The van der Waals surface area contributed by atoms with Crippen LogP contribution in [0.3, 0.4) is 0 Å². The van der Waals surface area contributed by atoms with Crippen LogP contribution in [0.5, 0.6) is 0 Å². The first kappa shape index (κ1) is 49.0. The molecule has 0 unspecified atom stereocenters. The van der Waals surface area contributed by atoms with E-state index >= 15 is 0 Å². The molecule has 2 aliphatic carbocycles. The van der Waals surface area contributed by atoms with Crippen LogP contribution in [0.1, 0.15) is 147 Å². The first-order valence-corrected chi connectivity index (χ1v) is 28.2. The van der Waals surface area contributed by atoms with Crippen molar-refractivity contribution in [1.29, 1.82) is 0 Å². The minimum atomic E-state index is -0.696. The summed E-state index contributed by atoms with van der Waals surface area (Å²) < 4.78 is 5.94. The van der Waals surface area contributed by atoms with Crippen molar-refractivity contribution in [1.82, 2.24) is 0 Å². The molecular weight excluding hydrogens is 897 g/mol. The lowest BCUT2D eigenvalue weighted by Crippen LogP contribution is -2.28. The molecule has 2 fully saturated rings. The van der Waals surface area contributed by atoms with Crippen LogP contribution in [0.4, 0.5) is 0 Å². The van der Waals surface area contributed by atoms with Gasteiger partial charge < -0.3 is 0 Å². The van der Waals surface area contributed by atoms with Crippen molar-refractivity contribution in [2.24, 2.45) is 11.8 Å². The fourth-order valence-electron chi connectivity index (χ4n) is 12.2. The SMILES string of the molecule is CCCC1CCC(c2ccc(-c3ccc(C(SOSC(c4ccccc4)(c4ccccc4)c4ccc(-c5ccc(C6CCC(CCC)CC6)cc5)cc4)(c4ccccc4)c4ccccc4)cc3)cc2)CC1. The van der Waals surface area contributed by atoms with Crippen molar-refractivity contribution in [3.8, 4) is 22.3 Å². The highest BCUT2D eigenvalue weighted by atomic mass is 32.2. The summed E-state index contributed by atoms with van der Waals surface area (Å²) in [6, 6.07) is 81.1. The molecule has 8 aromatic rings. The maximum Gasteiger partial charge on any atom is 0.118 e. The molecule has 0 saturated heterocycles. The third-order valence-corrected chi connectivity index (χ3v) is 18.6. The summed E-state index contributed by atoms with van der Waals surface area (Å²) in [4.78, 5) is 0. The number of rotatable bonds is 18. The normalized spacial score (nSPS) is 18.5. The smallest absolute Gasteiger partial charge is 0.118 e. The van der Waals surface area contributed by atoms with Crippen molar-refractivity contribution < 1.29 is 3.63 Å². The van der Waals surface area contributed by atoms with Gasteiger partial charge in [-0.3, -0.25) is 0 Å². The summed E-state index contributed by atoms with van der Waals surface area (Å²) in [6.45, 7) is 4.65. The van der Waals surface area contributed by atoms with E-state index in [0.29, 0.717) is 11.8 Å². The highest BCUT2D eigenvalue weighted by molar-refractivity contribution is 8.09. The van der Waals surface area contributed by atoms with E-state index in [-0.39, 0.29) is 0 Å². The van der Waals surface area contributed by atoms with E-state index in [0.717, 1.165) is 45.2 Å². The standard InChI is InChI=1S/C68H70OS2/c1-3-17-51-27-31-53(32-28-51)55-35-39-57(40-36-55)59-43-47-65(48-44-59)67(61-19-9-5-10-20-61,62-21-11-6-12-22-62)70-69-71-68(63-23-13-7-14-24-63,64-25-15-8-16-26-64)66-49-45-60(46-50-66)58-41-37-56(38-42-58)54-33-29-52(18-4-2)30-34-54/h5-16,19-26,35-54H,3-4,17-18,27-34H2,1-2H3. The molecule has 0 amide bonds. The zero-order chi connectivity index (χ0) is 48.3. The molecule has 2 saturated carbocycles. The van der Waals surface area contributed by atoms with Gasteiger partial charge in [-0.2, -0.15) is 0 Å². The summed E-state index contributed by atoms with van der Waals surface area (Å²) in [5, 5.41) is 0. The first-order valence-electron chi connectivity index (χ1n) is 26.7. The van der Waals surface area contributed by atoms with E-state index < -0.39 is 9.49 Å². The van der Waals surface area contributed by atoms with Gasteiger partial charge in [0.25, 0.3) is 0 Å². The summed E-state index contributed by atoms with van der Waals surface area (Å²) in [5.74, 6) is 3.20. The van der Waals surface area contributed by atoms with E-state index in [2.05, 4.69) is 232 Å². The highest BCUT2D eigenvalue weighted by Crippen LogP contribution is 2.56. The average molecular weight is 967 g/mol. The summed E-state index contributed by atoms with van der Waals surface area (Å²) >= 11 is 3.08. The molecule has 0 aliphatic heterocycles. The van der Waals surface area contributed by atoms with Crippen LogP contribution in [-0.2, 0) is 13.1 Å². The minimum absolute atomic E-state index is 0.682. The minimum Gasteiger partial charge on any atom is -0.244 e. The molecule has 0 spiro atoms. The predicted molar refractivity (Wildman–Crippen MR) is 305 cm³/mol. The van der Waals surface area contributed by atoms with Gasteiger partial charge in [0.1, 0.15) is 9.49 Å². The van der Waals surface area contributed by atoms with Crippen molar-refractivity contribution in [2.75, 3.05) is 0 Å². The third kappa shape index (κ3) is 10.8. The van der Waals surface area contributed by atoms with Gasteiger partial charge in [0, 0.05) is 24.1 Å². The van der Waals surface area contributed by atoms with Gasteiger partial charge in [0.15, 0.2) is 0 Å². The second kappa shape index (κ2) is 23.3. The van der Waals surface area contributed by atoms with Crippen molar-refractivity contribution in [2.45, 2.75) is 112 Å². The summed E-state index contributed by atoms with van der Waals surface area (Å²) in [5.41, 5.74) is 14.9. The van der Waals surface area contributed by atoms with E-state index in [9.17, 15) is 0 Å². The molecule has 0 radical (unpaired) electrons. The Morgan fingerprint density at radius 3 is 0.845 bits per heavy atom. The second-order valence-electron chi connectivity index (χ2n) is 20.5. The Morgan fingerprint density at radius 1 is 0.324 bits per heavy atom. The van der Waals surface area contributed by atoms with Crippen LogP contribution < -0.4 is 0 Å². The molecule has 0 heterocycles. The van der Waals surface area contributed by atoms with Crippen LogP contribution in [0.25, 0.3) is 22.3 Å². The molecular formula is C68H70OS2. The van der Waals surface area contributed by atoms with Crippen LogP contribution in [-0.4, -0.2) is 0 Å². The van der Waals surface area contributed by atoms with Crippen molar-refractivity contribution in [3.63, 3.8) is 0 Å². The Bertz CT molecular complexity index is 2550. The largest absolute Gasteiger partial charge is 0.244 e.